The zero-order valence-electron chi connectivity index (χ0n) is 25.0. The molecular formula is C42H37N. The van der Waals surface area contributed by atoms with Crippen molar-refractivity contribution in [2.45, 2.75) is 44.9 Å². The summed E-state index contributed by atoms with van der Waals surface area (Å²) in [6.45, 7) is 4.23. The fraction of sp³-hybridized carbons (Fsp3) is 0.167. The van der Waals surface area contributed by atoms with Crippen LogP contribution < -0.4 is 0 Å². The van der Waals surface area contributed by atoms with Crippen LogP contribution in [0.2, 0.25) is 0 Å². The molecule has 1 aliphatic carbocycles. The van der Waals surface area contributed by atoms with Gasteiger partial charge < -0.3 is 0 Å². The van der Waals surface area contributed by atoms with Crippen molar-refractivity contribution in [1.29, 1.82) is 0 Å². The number of fused-ring (bicyclic) bond motifs is 3. The van der Waals surface area contributed by atoms with Gasteiger partial charge in [0.15, 0.2) is 0 Å². The Bertz CT molecular complexity index is 1970. The molecule has 210 valence electrons. The number of pyridine rings is 1. The number of rotatable bonds is 6. The van der Waals surface area contributed by atoms with Crippen LogP contribution in [0.3, 0.4) is 0 Å². The standard InChI is InChI=1S/C42H37N/c1-3-4-6-15-29(2)40-27-26-31(28-43-40)32-22-13-24-34-33(32)23-14-25-35(34)42-38-20-11-9-18-36(38)41(30-16-7-5-8-17-30)37-19-10-12-21-39(37)42/h3-4,6-7,9-16,18-30H,5,8,17H2,1-2H3/b4-3-,15-6-. The maximum atomic E-state index is 4.88. The average Bonchev–Trinajstić information content (AvgIpc) is 3.07. The summed E-state index contributed by atoms with van der Waals surface area (Å²) in [4.78, 5) is 4.88. The Labute approximate surface area is 254 Å². The first-order chi connectivity index (χ1) is 21.2. The third-order valence-electron chi connectivity index (χ3n) is 9.06. The largest absolute Gasteiger partial charge is 0.260 e. The maximum absolute atomic E-state index is 4.88. The zero-order valence-corrected chi connectivity index (χ0v) is 25.0. The van der Waals surface area contributed by atoms with Crippen LogP contribution in [-0.4, -0.2) is 4.98 Å². The highest BCUT2D eigenvalue weighted by molar-refractivity contribution is 6.19. The van der Waals surface area contributed by atoms with Crippen LogP contribution in [-0.2, 0) is 0 Å². The lowest BCUT2D eigenvalue weighted by Crippen LogP contribution is -2.02. The van der Waals surface area contributed by atoms with Gasteiger partial charge in [0.1, 0.15) is 0 Å². The highest BCUT2D eigenvalue weighted by atomic mass is 14.7. The summed E-state index contributed by atoms with van der Waals surface area (Å²) in [5.74, 6) is 0.714. The second-order valence-electron chi connectivity index (χ2n) is 11.7. The maximum Gasteiger partial charge on any atom is 0.0469 e. The van der Waals surface area contributed by atoms with Crippen molar-refractivity contribution in [2.75, 3.05) is 0 Å². The van der Waals surface area contributed by atoms with E-state index in [4.69, 9.17) is 4.98 Å². The van der Waals surface area contributed by atoms with E-state index in [0.717, 1.165) is 11.3 Å². The van der Waals surface area contributed by atoms with E-state index in [9.17, 15) is 0 Å². The van der Waals surface area contributed by atoms with Crippen LogP contribution in [0.4, 0.5) is 0 Å². The van der Waals surface area contributed by atoms with Gasteiger partial charge in [-0.3, -0.25) is 4.98 Å². The Hall–Kier alpha value is -4.75. The molecule has 1 heteroatoms. The van der Waals surface area contributed by atoms with E-state index < -0.39 is 0 Å². The second-order valence-corrected chi connectivity index (χ2v) is 11.7. The summed E-state index contributed by atoms with van der Waals surface area (Å²) >= 11 is 0. The summed E-state index contributed by atoms with van der Waals surface area (Å²) < 4.78 is 0. The fourth-order valence-electron chi connectivity index (χ4n) is 6.96. The van der Waals surface area contributed by atoms with E-state index in [-0.39, 0.29) is 5.92 Å². The quantitative estimate of drug-likeness (QED) is 0.113. The van der Waals surface area contributed by atoms with E-state index >= 15 is 0 Å². The lowest BCUT2D eigenvalue weighted by atomic mass is 9.80. The molecule has 0 bridgehead atoms. The van der Waals surface area contributed by atoms with Crippen molar-refractivity contribution >= 4 is 32.3 Å². The van der Waals surface area contributed by atoms with Gasteiger partial charge >= 0.3 is 0 Å². The molecule has 1 aromatic heterocycles. The molecule has 1 nitrogen and oxygen atoms in total. The molecule has 7 rings (SSSR count). The van der Waals surface area contributed by atoms with E-state index in [2.05, 4.69) is 134 Å². The molecule has 43 heavy (non-hydrogen) atoms. The molecule has 0 saturated heterocycles. The highest BCUT2D eigenvalue weighted by Crippen LogP contribution is 2.46. The van der Waals surface area contributed by atoms with E-state index in [0.29, 0.717) is 5.92 Å². The minimum Gasteiger partial charge on any atom is -0.260 e. The smallest absolute Gasteiger partial charge is 0.0469 e. The molecule has 2 atom stereocenters. The normalized spacial score (nSPS) is 16.2. The Morgan fingerprint density at radius 2 is 1.35 bits per heavy atom. The predicted molar refractivity (Wildman–Crippen MR) is 186 cm³/mol. The fourth-order valence-corrected chi connectivity index (χ4v) is 6.96. The van der Waals surface area contributed by atoms with E-state index in [1.807, 2.05) is 19.2 Å². The predicted octanol–water partition coefficient (Wildman–Crippen LogP) is 11.9. The van der Waals surface area contributed by atoms with Gasteiger partial charge in [-0.2, -0.15) is 0 Å². The van der Waals surface area contributed by atoms with Crippen LogP contribution in [0.15, 0.2) is 140 Å². The number of hydrogen-bond donors (Lipinski definition) is 0. The van der Waals surface area contributed by atoms with Crippen molar-refractivity contribution in [3.63, 3.8) is 0 Å². The summed E-state index contributed by atoms with van der Waals surface area (Å²) in [5.41, 5.74) is 7.53. The first kappa shape index (κ1) is 27.1. The molecule has 0 saturated carbocycles. The highest BCUT2D eigenvalue weighted by Gasteiger charge is 2.22. The van der Waals surface area contributed by atoms with Crippen molar-refractivity contribution in [3.05, 3.63) is 151 Å². The molecule has 0 fully saturated rings. The minimum atomic E-state index is 0.262. The van der Waals surface area contributed by atoms with Gasteiger partial charge in [0.2, 0.25) is 0 Å². The van der Waals surface area contributed by atoms with Crippen molar-refractivity contribution < 1.29 is 0 Å². The number of nitrogens with zero attached hydrogens (tertiary/aromatic N) is 1. The second kappa shape index (κ2) is 11.9. The summed E-state index contributed by atoms with van der Waals surface area (Å²) in [5, 5.41) is 7.94. The van der Waals surface area contributed by atoms with Crippen LogP contribution in [0.25, 0.3) is 54.6 Å². The van der Waals surface area contributed by atoms with Gasteiger partial charge in [-0.05, 0) is 86.8 Å². The molecule has 0 radical (unpaired) electrons. The molecule has 1 heterocycles. The molecule has 0 spiro atoms. The first-order valence-electron chi connectivity index (χ1n) is 15.6. The number of allylic oxidation sites excluding steroid dienone is 6. The van der Waals surface area contributed by atoms with Crippen LogP contribution in [0, 0.1) is 0 Å². The summed E-state index contributed by atoms with van der Waals surface area (Å²) in [6.07, 6.45) is 18.9. The number of benzene rings is 5. The molecule has 1 aliphatic rings. The van der Waals surface area contributed by atoms with Crippen molar-refractivity contribution in [3.8, 4) is 22.3 Å². The zero-order chi connectivity index (χ0) is 29.2. The van der Waals surface area contributed by atoms with E-state index in [1.165, 1.54) is 73.8 Å². The Morgan fingerprint density at radius 1 is 0.698 bits per heavy atom. The van der Waals surface area contributed by atoms with Crippen molar-refractivity contribution in [1.82, 2.24) is 4.98 Å². The molecule has 2 unspecified atom stereocenters. The molecule has 0 N–H and O–H groups in total. The van der Waals surface area contributed by atoms with Crippen molar-refractivity contribution in [2.24, 2.45) is 0 Å². The molecular weight excluding hydrogens is 518 g/mol. The Kier molecular flexibility index (Phi) is 7.47. The minimum absolute atomic E-state index is 0.262. The van der Waals surface area contributed by atoms with Gasteiger partial charge in [0.25, 0.3) is 0 Å². The molecule has 0 aliphatic heterocycles. The van der Waals surface area contributed by atoms with Gasteiger partial charge in [-0.1, -0.05) is 134 Å². The third kappa shape index (κ3) is 5.00. The summed E-state index contributed by atoms with van der Waals surface area (Å²) in [6, 6.07) is 36.0. The number of hydrogen-bond acceptors (Lipinski definition) is 1. The van der Waals surface area contributed by atoms with Gasteiger partial charge in [-0.15, -0.1) is 0 Å². The van der Waals surface area contributed by atoms with Crippen LogP contribution >= 0.6 is 0 Å². The lowest BCUT2D eigenvalue weighted by Gasteiger charge is -2.24. The van der Waals surface area contributed by atoms with Crippen LogP contribution in [0.5, 0.6) is 0 Å². The molecule has 0 amide bonds. The Balaban J connectivity index is 1.41. The molecule has 5 aromatic carbocycles. The lowest BCUT2D eigenvalue weighted by molar-refractivity contribution is 0.660. The van der Waals surface area contributed by atoms with Gasteiger partial charge in [-0.25, -0.2) is 0 Å². The van der Waals surface area contributed by atoms with E-state index in [1.54, 1.807) is 0 Å². The summed E-state index contributed by atoms with van der Waals surface area (Å²) in [7, 11) is 0. The number of aromatic nitrogens is 1. The third-order valence-corrected chi connectivity index (χ3v) is 9.06. The topological polar surface area (TPSA) is 12.9 Å². The SMILES string of the molecule is C/C=C\C=C/C(C)c1ccc(-c2cccc3c(-c4c5ccccc5c(C5C=CCCC5)c5ccccc45)cccc23)cn1. The van der Waals surface area contributed by atoms with Gasteiger partial charge in [0, 0.05) is 29.3 Å². The Morgan fingerprint density at radius 3 is 1.98 bits per heavy atom. The van der Waals surface area contributed by atoms with Gasteiger partial charge in [0.05, 0.1) is 0 Å². The average molecular weight is 556 g/mol. The van der Waals surface area contributed by atoms with Crippen LogP contribution in [0.1, 0.15) is 56.2 Å². The molecule has 6 aromatic rings. The first-order valence-corrected chi connectivity index (χ1v) is 15.6. The monoisotopic (exact) mass is 555 g/mol.